The molecule has 3 fully saturated rings. The van der Waals surface area contributed by atoms with E-state index >= 15 is 0 Å². The van der Waals surface area contributed by atoms with Crippen molar-refractivity contribution in [2.45, 2.75) is 38.5 Å². The highest BCUT2D eigenvalue weighted by Gasteiger charge is 2.29. The minimum atomic E-state index is -3.22. The molecule has 200 valence electrons. The molecule has 0 spiro atoms. The molecule has 0 bridgehead atoms. The van der Waals surface area contributed by atoms with E-state index in [0.717, 1.165) is 61.0 Å². The van der Waals surface area contributed by atoms with Crippen LogP contribution < -0.4 is 9.80 Å². The molecule has 12 nitrogen and oxygen atoms in total. The molecule has 0 aromatic carbocycles. The predicted octanol–water partition coefficient (Wildman–Crippen LogP) is 1.60. The number of aromatic nitrogens is 5. The normalized spacial score (nSPS) is 24.2. The van der Waals surface area contributed by atoms with Crippen molar-refractivity contribution in [3.05, 3.63) is 24.5 Å². The van der Waals surface area contributed by atoms with E-state index in [9.17, 15) is 8.42 Å². The Balaban J connectivity index is 1.43. The third kappa shape index (κ3) is 4.69. The van der Waals surface area contributed by atoms with Crippen LogP contribution in [0.25, 0.3) is 16.9 Å². The number of nitrogens with zero attached hydrogens (tertiary/aromatic N) is 8. The summed E-state index contributed by atoms with van der Waals surface area (Å²) in [6, 6.07) is 4.25. The second-order valence-electron chi connectivity index (χ2n) is 10.0. The van der Waals surface area contributed by atoms with Crippen LogP contribution in [-0.2, 0) is 19.5 Å². The lowest BCUT2D eigenvalue weighted by molar-refractivity contribution is -0.0383. The van der Waals surface area contributed by atoms with Crippen molar-refractivity contribution < 1.29 is 17.9 Å². The number of fused-ring (bicyclic) bond motifs is 1. The van der Waals surface area contributed by atoms with Gasteiger partial charge in [-0.05, 0) is 32.3 Å². The summed E-state index contributed by atoms with van der Waals surface area (Å²) in [5.41, 5.74) is 2.56. The molecule has 3 aliphatic heterocycles. The Morgan fingerprint density at radius 2 is 1.89 bits per heavy atom. The van der Waals surface area contributed by atoms with Crippen LogP contribution in [0, 0.1) is 0 Å². The third-order valence-electron chi connectivity index (χ3n) is 7.51. The van der Waals surface area contributed by atoms with Gasteiger partial charge in [0.1, 0.15) is 11.6 Å². The Morgan fingerprint density at radius 1 is 1.05 bits per heavy atom. The van der Waals surface area contributed by atoms with Crippen molar-refractivity contribution >= 4 is 27.3 Å². The zero-order valence-electron chi connectivity index (χ0n) is 21.4. The molecule has 0 amide bonds. The highest BCUT2D eigenvalue weighted by Crippen LogP contribution is 2.33. The first kappa shape index (κ1) is 24.6. The average Bonchev–Trinajstić information content (AvgIpc) is 3.56. The molecule has 3 aromatic rings. The van der Waals surface area contributed by atoms with E-state index in [-0.39, 0.29) is 12.3 Å². The molecule has 6 heterocycles. The summed E-state index contributed by atoms with van der Waals surface area (Å²) in [7, 11) is -3.22. The number of anilines is 2. The van der Waals surface area contributed by atoms with E-state index in [1.54, 1.807) is 6.20 Å². The standard InChI is InChI=1S/C24H34N8O4S/c1-18-17-35-14-12-30(18)21-15-22(28-8-10-29(11-9-28)37(2,33)34)32-24(27-21)19(16-26-32)20-6-7-25-31(20)23-5-3-4-13-36-23/h6-7,15-16,18,23H,3-5,8-14,17H2,1-2H3/t18-,23?/m1/s1. The number of morpholine rings is 1. The zero-order chi connectivity index (χ0) is 25.6. The summed E-state index contributed by atoms with van der Waals surface area (Å²) in [6.07, 6.45) is 7.93. The van der Waals surface area contributed by atoms with Crippen LogP contribution in [0.3, 0.4) is 0 Å². The first-order valence-electron chi connectivity index (χ1n) is 13.0. The van der Waals surface area contributed by atoms with Crippen LogP contribution in [0.2, 0.25) is 0 Å². The second-order valence-corrected chi connectivity index (χ2v) is 12.0. The summed E-state index contributed by atoms with van der Waals surface area (Å²) < 4.78 is 41.2. The van der Waals surface area contributed by atoms with Crippen LogP contribution in [0.5, 0.6) is 0 Å². The average molecular weight is 531 g/mol. The van der Waals surface area contributed by atoms with Gasteiger partial charge in [-0.3, -0.25) is 0 Å². The first-order chi connectivity index (χ1) is 17.9. The number of sulfonamides is 1. The highest BCUT2D eigenvalue weighted by molar-refractivity contribution is 7.88. The summed E-state index contributed by atoms with van der Waals surface area (Å²) >= 11 is 0. The number of hydrogen-bond donors (Lipinski definition) is 0. The molecular formula is C24H34N8O4S. The summed E-state index contributed by atoms with van der Waals surface area (Å²) in [5.74, 6) is 1.77. The molecule has 0 saturated carbocycles. The topological polar surface area (TPSA) is 110 Å². The Kier molecular flexibility index (Phi) is 6.55. The van der Waals surface area contributed by atoms with Crippen molar-refractivity contribution in [3.63, 3.8) is 0 Å². The third-order valence-corrected chi connectivity index (χ3v) is 8.81. The van der Waals surface area contributed by atoms with Gasteiger partial charge in [-0.25, -0.2) is 18.1 Å². The Morgan fingerprint density at radius 3 is 2.62 bits per heavy atom. The van der Waals surface area contributed by atoms with Crippen LogP contribution in [0.1, 0.15) is 32.4 Å². The molecule has 37 heavy (non-hydrogen) atoms. The molecule has 2 atom stereocenters. The van der Waals surface area contributed by atoms with Crippen molar-refractivity contribution in [2.24, 2.45) is 0 Å². The molecule has 0 N–H and O–H groups in total. The van der Waals surface area contributed by atoms with Gasteiger partial charge >= 0.3 is 0 Å². The lowest BCUT2D eigenvalue weighted by Gasteiger charge is -2.37. The Bertz CT molecular complexity index is 1360. The summed E-state index contributed by atoms with van der Waals surface area (Å²) in [5, 5.41) is 9.36. The van der Waals surface area contributed by atoms with Gasteiger partial charge in [0.2, 0.25) is 10.0 Å². The Hall–Kier alpha value is -2.74. The molecule has 6 rings (SSSR count). The Labute approximate surface area is 216 Å². The highest BCUT2D eigenvalue weighted by atomic mass is 32.2. The molecule has 1 unspecified atom stereocenters. The van der Waals surface area contributed by atoms with Crippen molar-refractivity contribution in [3.8, 4) is 11.3 Å². The summed E-state index contributed by atoms with van der Waals surface area (Å²) in [4.78, 5) is 9.59. The second kappa shape index (κ2) is 9.86. The van der Waals surface area contributed by atoms with Crippen LogP contribution >= 0.6 is 0 Å². The zero-order valence-corrected chi connectivity index (χ0v) is 22.2. The molecule has 3 aliphatic rings. The fourth-order valence-electron chi connectivity index (χ4n) is 5.48. The smallest absolute Gasteiger partial charge is 0.211 e. The van der Waals surface area contributed by atoms with Gasteiger partial charge in [0.25, 0.3) is 0 Å². The van der Waals surface area contributed by atoms with E-state index in [2.05, 4.69) is 27.9 Å². The summed E-state index contributed by atoms with van der Waals surface area (Å²) in [6.45, 7) is 6.95. The van der Waals surface area contributed by atoms with Gasteiger partial charge in [-0.15, -0.1) is 0 Å². The van der Waals surface area contributed by atoms with Gasteiger partial charge in [0.15, 0.2) is 11.9 Å². The number of ether oxygens (including phenoxy) is 2. The quantitative estimate of drug-likeness (QED) is 0.486. The monoisotopic (exact) mass is 530 g/mol. The van der Waals surface area contributed by atoms with E-state index in [1.165, 1.54) is 10.6 Å². The fraction of sp³-hybridized carbons (Fsp3) is 0.625. The van der Waals surface area contributed by atoms with Gasteiger partial charge in [0, 0.05) is 51.6 Å². The van der Waals surface area contributed by atoms with E-state index in [4.69, 9.17) is 19.6 Å². The molecule has 0 aliphatic carbocycles. The van der Waals surface area contributed by atoms with Crippen LogP contribution in [0.4, 0.5) is 11.6 Å². The number of rotatable bonds is 5. The van der Waals surface area contributed by atoms with E-state index in [1.807, 2.05) is 21.5 Å². The number of piperazine rings is 1. The van der Waals surface area contributed by atoms with Crippen molar-refractivity contribution in [1.82, 2.24) is 28.7 Å². The van der Waals surface area contributed by atoms with Crippen LogP contribution in [-0.4, -0.2) is 102 Å². The van der Waals surface area contributed by atoms with Crippen molar-refractivity contribution in [2.75, 3.05) is 68.6 Å². The van der Waals surface area contributed by atoms with E-state index in [0.29, 0.717) is 39.4 Å². The number of hydrogen-bond acceptors (Lipinski definition) is 9. The maximum Gasteiger partial charge on any atom is 0.211 e. The maximum absolute atomic E-state index is 12.1. The van der Waals surface area contributed by atoms with Crippen molar-refractivity contribution in [1.29, 1.82) is 0 Å². The molecule has 0 radical (unpaired) electrons. The minimum Gasteiger partial charge on any atom is -0.377 e. The SMILES string of the molecule is C[C@@H]1COCCN1c1cc(N2CCN(S(C)(=O)=O)CC2)n2ncc(-c3ccnn3C3CCCCO3)c2n1. The minimum absolute atomic E-state index is 0.0975. The molecule has 3 aromatic heterocycles. The van der Waals surface area contributed by atoms with Gasteiger partial charge in [0.05, 0.1) is 43.0 Å². The van der Waals surface area contributed by atoms with Gasteiger partial charge in [-0.2, -0.15) is 19.0 Å². The maximum atomic E-state index is 12.1. The van der Waals surface area contributed by atoms with Crippen LogP contribution in [0.15, 0.2) is 24.5 Å². The van der Waals surface area contributed by atoms with Gasteiger partial charge < -0.3 is 19.3 Å². The largest absolute Gasteiger partial charge is 0.377 e. The van der Waals surface area contributed by atoms with E-state index < -0.39 is 10.0 Å². The lowest BCUT2D eigenvalue weighted by atomic mass is 10.1. The molecular weight excluding hydrogens is 496 g/mol. The predicted molar refractivity (Wildman–Crippen MR) is 139 cm³/mol. The van der Waals surface area contributed by atoms with Gasteiger partial charge in [-0.1, -0.05) is 0 Å². The molecule has 3 saturated heterocycles. The lowest BCUT2D eigenvalue weighted by Crippen LogP contribution is -2.49. The fourth-order valence-corrected chi connectivity index (χ4v) is 6.30. The molecule has 13 heteroatoms. The first-order valence-corrected chi connectivity index (χ1v) is 14.8.